The van der Waals surface area contributed by atoms with Crippen LogP contribution >= 0.6 is 11.3 Å². The van der Waals surface area contributed by atoms with Crippen LogP contribution in [0.2, 0.25) is 0 Å². The minimum absolute atomic E-state index is 0.0569. The van der Waals surface area contributed by atoms with Crippen LogP contribution in [0, 0.1) is 11.3 Å². The van der Waals surface area contributed by atoms with Gasteiger partial charge in [-0.25, -0.2) is 13.1 Å². The van der Waals surface area contributed by atoms with Crippen molar-refractivity contribution in [3.63, 3.8) is 0 Å². The van der Waals surface area contributed by atoms with Crippen LogP contribution in [-0.4, -0.2) is 33.0 Å². The normalized spacial score (nSPS) is 16.8. The second-order valence-electron chi connectivity index (χ2n) is 5.77. The van der Waals surface area contributed by atoms with Gasteiger partial charge in [0.05, 0.1) is 22.6 Å². The summed E-state index contributed by atoms with van der Waals surface area (Å²) in [6, 6.07) is 12.2. The zero-order valence-electron chi connectivity index (χ0n) is 13.2. The molecular formula is C17H19N3O2S2. The van der Waals surface area contributed by atoms with Crippen molar-refractivity contribution >= 4 is 21.4 Å². The Balaban J connectivity index is 1.77. The molecule has 1 aromatic carbocycles. The first-order valence-electron chi connectivity index (χ1n) is 7.87. The molecule has 0 amide bonds. The van der Waals surface area contributed by atoms with Gasteiger partial charge in [-0.1, -0.05) is 12.1 Å². The molecule has 0 bridgehead atoms. The lowest BCUT2D eigenvalue weighted by Crippen LogP contribution is -2.36. The van der Waals surface area contributed by atoms with E-state index in [1.807, 2.05) is 17.5 Å². The minimum atomic E-state index is -3.63. The number of benzene rings is 1. The van der Waals surface area contributed by atoms with Gasteiger partial charge in [0.15, 0.2) is 0 Å². The van der Waals surface area contributed by atoms with E-state index in [9.17, 15) is 8.42 Å². The van der Waals surface area contributed by atoms with Crippen molar-refractivity contribution in [2.45, 2.75) is 23.8 Å². The Morgan fingerprint density at radius 2 is 2.04 bits per heavy atom. The average Bonchev–Trinajstić information content (AvgIpc) is 3.29. The van der Waals surface area contributed by atoms with E-state index in [4.69, 9.17) is 5.26 Å². The van der Waals surface area contributed by atoms with Gasteiger partial charge < -0.3 is 0 Å². The van der Waals surface area contributed by atoms with Crippen LogP contribution in [-0.2, 0) is 10.0 Å². The molecule has 5 nitrogen and oxygen atoms in total. The van der Waals surface area contributed by atoms with Crippen LogP contribution in [0.4, 0.5) is 0 Å². The number of thiophene rings is 1. The lowest BCUT2D eigenvalue weighted by atomic mass is 10.2. The number of nitrogens with one attached hydrogen (secondary N) is 1. The summed E-state index contributed by atoms with van der Waals surface area (Å²) in [6.45, 7) is 2.32. The van der Waals surface area contributed by atoms with E-state index in [1.54, 1.807) is 23.5 Å². The molecule has 2 heterocycles. The van der Waals surface area contributed by atoms with Gasteiger partial charge in [0, 0.05) is 11.4 Å². The Labute approximate surface area is 146 Å². The maximum Gasteiger partial charge on any atom is 0.240 e. The predicted molar refractivity (Wildman–Crippen MR) is 94.2 cm³/mol. The van der Waals surface area contributed by atoms with E-state index in [1.165, 1.54) is 17.0 Å². The third-order valence-electron chi connectivity index (χ3n) is 4.19. The number of hydrogen-bond acceptors (Lipinski definition) is 5. The first-order valence-corrected chi connectivity index (χ1v) is 10.2. The quantitative estimate of drug-likeness (QED) is 0.859. The molecule has 1 unspecified atom stereocenters. The van der Waals surface area contributed by atoms with Crippen LogP contribution in [0.25, 0.3) is 0 Å². The second kappa shape index (κ2) is 7.45. The standard InChI is InChI=1S/C17H19N3O2S2/c18-12-14-5-3-6-15(11-14)24(21,22)19-13-16(17-7-4-10-23-17)20-8-1-2-9-20/h3-7,10-11,16,19H,1-2,8-9,13H2. The Morgan fingerprint density at radius 3 is 2.71 bits per heavy atom. The number of nitriles is 1. The van der Waals surface area contributed by atoms with Crippen molar-refractivity contribution in [3.05, 3.63) is 52.2 Å². The lowest BCUT2D eigenvalue weighted by Gasteiger charge is -2.26. The van der Waals surface area contributed by atoms with Gasteiger partial charge in [0.1, 0.15) is 0 Å². The van der Waals surface area contributed by atoms with Crippen molar-refractivity contribution in [2.75, 3.05) is 19.6 Å². The Morgan fingerprint density at radius 1 is 1.25 bits per heavy atom. The molecule has 126 valence electrons. The van der Waals surface area contributed by atoms with Gasteiger partial charge in [-0.15, -0.1) is 11.3 Å². The number of rotatable bonds is 6. The molecule has 0 spiro atoms. The summed E-state index contributed by atoms with van der Waals surface area (Å²) in [4.78, 5) is 3.64. The number of hydrogen-bond donors (Lipinski definition) is 1. The fourth-order valence-electron chi connectivity index (χ4n) is 2.95. The molecule has 1 atom stereocenters. The van der Waals surface area contributed by atoms with E-state index in [-0.39, 0.29) is 10.9 Å². The number of likely N-dealkylation sites (tertiary alicyclic amines) is 1. The summed E-state index contributed by atoms with van der Waals surface area (Å²) in [5, 5.41) is 11.0. The van der Waals surface area contributed by atoms with Gasteiger partial charge in [-0.2, -0.15) is 5.26 Å². The van der Waals surface area contributed by atoms with Crippen LogP contribution in [0.5, 0.6) is 0 Å². The molecule has 1 aliphatic heterocycles. The monoisotopic (exact) mass is 361 g/mol. The first-order chi connectivity index (χ1) is 11.6. The molecule has 1 fully saturated rings. The largest absolute Gasteiger partial charge is 0.294 e. The summed E-state index contributed by atoms with van der Waals surface area (Å²) in [5.74, 6) is 0. The summed E-state index contributed by atoms with van der Waals surface area (Å²) >= 11 is 1.65. The summed E-state index contributed by atoms with van der Waals surface area (Å²) < 4.78 is 27.8. The van der Waals surface area contributed by atoms with Crippen LogP contribution in [0.1, 0.15) is 29.3 Å². The SMILES string of the molecule is N#Cc1cccc(S(=O)(=O)NCC(c2cccs2)N2CCCC2)c1. The van der Waals surface area contributed by atoms with E-state index in [0.29, 0.717) is 12.1 Å². The van der Waals surface area contributed by atoms with Crippen molar-refractivity contribution < 1.29 is 8.42 Å². The second-order valence-corrected chi connectivity index (χ2v) is 8.51. The third kappa shape index (κ3) is 3.84. The highest BCUT2D eigenvalue weighted by Gasteiger charge is 2.26. The maximum absolute atomic E-state index is 12.6. The van der Waals surface area contributed by atoms with Gasteiger partial charge in [-0.3, -0.25) is 4.90 Å². The van der Waals surface area contributed by atoms with Crippen molar-refractivity contribution in [1.29, 1.82) is 5.26 Å². The number of nitrogens with zero attached hydrogens (tertiary/aromatic N) is 2. The van der Waals surface area contributed by atoms with E-state index >= 15 is 0 Å². The fourth-order valence-corrected chi connectivity index (χ4v) is 4.89. The van der Waals surface area contributed by atoms with Crippen molar-refractivity contribution in [2.24, 2.45) is 0 Å². The van der Waals surface area contributed by atoms with Gasteiger partial charge >= 0.3 is 0 Å². The summed E-state index contributed by atoms with van der Waals surface area (Å²) in [6.07, 6.45) is 2.30. The molecule has 3 rings (SSSR count). The molecule has 0 radical (unpaired) electrons. The minimum Gasteiger partial charge on any atom is -0.294 e. The first kappa shape index (κ1) is 17.1. The molecular weight excluding hydrogens is 342 g/mol. The van der Waals surface area contributed by atoms with E-state index in [0.717, 1.165) is 25.9 Å². The molecule has 1 N–H and O–H groups in total. The zero-order chi connectivity index (χ0) is 17.0. The van der Waals surface area contributed by atoms with Crippen LogP contribution < -0.4 is 4.72 Å². The highest BCUT2D eigenvalue weighted by Crippen LogP contribution is 2.28. The molecule has 0 aliphatic carbocycles. The molecule has 1 aromatic heterocycles. The third-order valence-corrected chi connectivity index (χ3v) is 6.59. The predicted octanol–water partition coefficient (Wildman–Crippen LogP) is 2.74. The smallest absolute Gasteiger partial charge is 0.240 e. The highest BCUT2D eigenvalue weighted by atomic mass is 32.2. The van der Waals surface area contributed by atoms with Gasteiger partial charge in [-0.05, 0) is 55.6 Å². The van der Waals surface area contributed by atoms with Crippen LogP contribution in [0.3, 0.4) is 0 Å². The van der Waals surface area contributed by atoms with Crippen LogP contribution in [0.15, 0.2) is 46.7 Å². The summed E-state index contributed by atoms with van der Waals surface area (Å²) in [5.41, 5.74) is 0.340. The van der Waals surface area contributed by atoms with Crippen molar-refractivity contribution in [3.8, 4) is 6.07 Å². The molecule has 2 aromatic rings. The fraction of sp³-hybridized carbons (Fsp3) is 0.353. The van der Waals surface area contributed by atoms with E-state index < -0.39 is 10.0 Å². The molecule has 1 saturated heterocycles. The number of sulfonamides is 1. The van der Waals surface area contributed by atoms with E-state index in [2.05, 4.69) is 15.7 Å². The Bertz CT molecular complexity index is 820. The molecule has 1 aliphatic rings. The maximum atomic E-state index is 12.6. The van der Waals surface area contributed by atoms with Gasteiger partial charge in [0.2, 0.25) is 10.0 Å². The molecule has 24 heavy (non-hydrogen) atoms. The topological polar surface area (TPSA) is 73.2 Å². The molecule has 7 heteroatoms. The van der Waals surface area contributed by atoms with Gasteiger partial charge in [0.25, 0.3) is 0 Å². The summed E-state index contributed by atoms with van der Waals surface area (Å²) in [7, 11) is -3.63. The Hall–Kier alpha value is -1.72. The highest BCUT2D eigenvalue weighted by molar-refractivity contribution is 7.89. The molecule has 0 saturated carbocycles. The van der Waals surface area contributed by atoms with Crippen molar-refractivity contribution in [1.82, 2.24) is 9.62 Å². The lowest BCUT2D eigenvalue weighted by molar-refractivity contribution is 0.250. The Kier molecular flexibility index (Phi) is 5.31. The zero-order valence-corrected chi connectivity index (χ0v) is 14.8. The average molecular weight is 361 g/mol.